The van der Waals surface area contributed by atoms with Crippen molar-refractivity contribution >= 4 is 34.0 Å². The predicted molar refractivity (Wildman–Crippen MR) is 83.4 cm³/mol. The number of thiazole rings is 1. The lowest BCUT2D eigenvalue weighted by atomic mass is 10.1. The summed E-state index contributed by atoms with van der Waals surface area (Å²) in [6.45, 7) is 2.38. The molecule has 0 spiro atoms. The van der Waals surface area contributed by atoms with Gasteiger partial charge in [-0.05, 0) is 30.2 Å². The van der Waals surface area contributed by atoms with Crippen molar-refractivity contribution in [2.45, 2.75) is 19.8 Å². The highest BCUT2D eigenvalue weighted by Crippen LogP contribution is 2.24. The number of benzene rings is 1. The Labute approximate surface area is 127 Å². The van der Waals surface area contributed by atoms with E-state index in [-0.39, 0.29) is 5.91 Å². The highest BCUT2D eigenvalue weighted by Gasteiger charge is 2.08. The second kappa shape index (κ2) is 6.83. The molecule has 1 amide bonds. The molecule has 3 N–H and O–H groups in total. The van der Waals surface area contributed by atoms with Crippen LogP contribution < -0.4 is 11.1 Å². The van der Waals surface area contributed by atoms with E-state index in [1.165, 1.54) is 16.9 Å². The van der Waals surface area contributed by atoms with E-state index in [1.807, 2.05) is 25.1 Å². The molecule has 1 aromatic carbocycles. The Bertz CT molecular complexity index is 612. The molecule has 20 heavy (non-hydrogen) atoms. The first kappa shape index (κ1) is 15.0. The van der Waals surface area contributed by atoms with Crippen molar-refractivity contribution in [2.24, 2.45) is 5.73 Å². The molecule has 0 atom stereocenters. The molecule has 0 bridgehead atoms. The number of halogens is 1. The third-order valence-corrected chi connectivity index (χ3v) is 3.99. The van der Waals surface area contributed by atoms with Crippen LogP contribution >= 0.6 is 22.9 Å². The van der Waals surface area contributed by atoms with E-state index >= 15 is 0 Å². The van der Waals surface area contributed by atoms with Crippen LogP contribution in [0.2, 0.25) is 5.02 Å². The van der Waals surface area contributed by atoms with E-state index in [0.717, 1.165) is 21.9 Å². The second-order valence-electron chi connectivity index (χ2n) is 4.47. The van der Waals surface area contributed by atoms with E-state index < -0.39 is 0 Å². The van der Waals surface area contributed by atoms with Crippen LogP contribution in [0.1, 0.15) is 22.4 Å². The quantitative estimate of drug-likeness (QED) is 0.892. The van der Waals surface area contributed by atoms with Crippen LogP contribution in [-0.2, 0) is 11.2 Å². The minimum Gasteiger partial charge on any atom is -0.330 e. The van der Waals surface area contributed by atoms with E-state index in [1.54, 1.807) is 6.20 Å². The van der Waals surface area contributed by atoms with Crippen LogP contribution in [0.25, 0.3) is 0 Å². The number of nitrogens with zero attached hydrogens (tertiary/aromatic N) is 1. The lowest BCUT2D eigenvalue weighted by Gasteiger charge is -2.04. The van der Waals surface area contributed by atoms with E-state index in [0.29, 0.717) is 18.1 Å². The van der Waals surface area contributed by atoms with Crippen molar-refractivity contribution in [3.05, 3.63) is 45.4 Å². The Hall–Kier alpha value is -1.43. The van der Waals surface area contributed by atoms with Gasteiger partial charge in [-0.25, -0.2) is 4.98 Å². The van der Waals surface area contributed by atoms with Gasteiger partial charge in [0, 0.05) is 35.5 Å². The molecular weight excluding hydrogens is 294 g/mol. The number of hydrogen-bond donors (Lipinski definition) is 2. The molecule has 6 heteroatoms. The maximum atomic E-state index is 11.4. The number of hydrogen-bond acceptors (Lipinski definition) is 4. The van der Waals surface area contributed by atoms with Crippen molar-refractivity contribution in [1.29, 1.82) is 0 Å². The highest BCUT2D eigenvalue weighted by atomic mass is 35.5. The molecule has 0 aliphatic carbocycles. The summed E-state index contributed by atoms with van der Waals surface area (Å²) in [7, 11) is 0. The standard InChI is InChI=1S/C14H16ClN3OS/c1-9-6-11(15)3-2-10(9)7-12-8-17-14(20-12)18-13(19)4-5-16/h2-3,6,8H,4-5,7,16H2,1H3,(H,17,18,19). The summed E-state index contributed by atoms with van der Waals surface area (Å²) in [5.74, 6) is -0.101. The molecule has 1 aromatic heterocycles. The van der Waals surface area contributed by atoms with E-state index in [2.05, 4.69) is 10.3 Å². The van der Waals surface area contributed by atoms with Gasteiger partial charge in [0.2, 0.25) is 5.91 Å². The molecule has 1 heterocycles. The first-order chi connectivity index (χ1) is 9.58. The first-order valence-electron chi connectivity index (χ1n) is 6.28. The SMILES string of the molecule is Cc1cc(Cl)ccc1Cc1cnc(NC(=O)CCN)s1. The fraction of sp³-hybridized carbons (Fsp3) is 0.286. The summed E-state index contributed by atoms with van der Waals surface area (Å²) < 4.78 is 0. The Morgan fingerprint density at radius 2 is 2.30 bits per heavy atom. The van der Waals surface area contributed by atoms with Crippen molar-refractivity contribution in [1.82, 2.24) is 4.98 Å². The van der Waals surface area contributed by atoms with Gasteiger partial charge in [-0.3, -0.25) is 4.79 Å². The Morgan fingerprint density at radius 3 is 3.00 bits per heavy atom. The van der Waals surface area contributed by atoms with Gasteiger partial charge < -0.3 is 11.1 Å². The Morgan fingerprint density at radius 1 is 1.50 bits per heavy atom. The minimum atomic E-state index is -0.101. The van der Waals surface area contributed by atoms with E-state index in [4.69, 9.17) is 17.3 Å². The molecule has 2 rings (SSSR count). The third kappa shape index (κ3) is 4.03. The minimum absolute atomic E-state index is 0.101. The second-order valence-corrected chi connectivity index (χ2v) is 6.02. The maximum absolute atomic E-state index is 11.4. The average molecular weight is 310 g/mol. The molecule has 0 aliphatic heterocycles. The lowest BCUT2D eigenvalue weighted by Crippen LogP contribution is -2.15. The zero-order valence-corrected chi connectivity index (χ0v) is 12.7. The number of nitrogens with two attached hydrogens (primary N) is 1. The zero-order valence-electron chi connectivity index (χ0n) is 11.1. The molecular formula is C14H16ClN3OS. The number of anilines is 1. The molecule has 0 saturated carbocycles. The van der Waals surface area contributed by atoms with Crippen molar-refractivity contribution in [2.75, 3.05) is 11.9 Å². The van der Waals surface area contributed by atoms with Crippen LogP contribution in [0.4, 0.5) is 5.13 Å². The van der Waals surface area contributed by atoms with Gasteiger partial charge in [-0.15, -0.1) is 11.3 Å². The molecule has 0 saturated heterocycles. The van der Waals surface area contributed by atoms with Crippen LogP contribution in [0.5, 0.6) is 0 Å². The fourth-order valence-electron chi connectivity index (χ4n) is 1.81. The van der Waals surface area contributed by atoms with Crippen LogP contribution in [0.3, 0.4) is 0 Å². The normalized spacial score (nSPS) is 10.6. The van der Waals surface area contributed by atoms with Crippen LogP contribution in [-0.4, -0.2) is 17.4 Å². The van der Waals surface area contributed by atoms with Crippen LogP contribution in [0, 0.1) is 6.92 Å². The number of nitrogens with one attached hydrogen (secondary N) is 1. The highest BCUT2D eigenvalue weighted by molar-refractivity contribution is 7.15. The monoisotopic (exact) mass is 309 g/mol. The summed E-state index contributed by atoms with van der Waals surface area (Å²) in [5.41, 5.74) is 7.69. The molecule has 0 aliphatic rings. The molecule has 4 nitrogen and oxygen atoms in total. The Balaban J connectivity index is 2.04. The van der Waals surface area contributed by atoms with Gasteiger partial charge in [0.15, 0.2) is 5.13 Å². The number of aryl methyl sites for hydroxylation is 1. The number of carbonyl (C=O) groups excluding carboxylic acids is 1. The largest absolute Gasteiger partial charge is 0.330 e. The van der Waals surface area contributed by atoms with E-state index in [9.17, 15) is 4.79 Å². The summed E-state index contributed by atoms with van der Waals surface area (Å²) >= 11 is 7.42. The van der Waals surface area contributed by atoms with Gasteiger partial charge in [0.05, 0.1) is 0 Å². The number of carbonyl (C=O) groups is 1. The van der Waals surface area contributed by atoms with Gasteiger partial charge in [-0.2, -0.15) is 0 Å². The first-order valence-corrected chi connectivity index (χ1v) is 7.47. The summed E-state index contributed by atoms with van der Waals surface area (Å²) in [6.07, 6.45) is 2.88. The van der Waals surface area contributed by atoms with Crippen molar-refractivity contribution in [3.63, 3.8) is 0 Å². The summed E-state index contributed by atoms with van der Waals surface area (Å²) in [4.78, 5) is 16.7. The topological polar surface area (TPSA) is 68.0 Å². The van der Waals surface area contributed by atoms with Gasteiger partial charge in [-0.1, -0.05) is 17.7 Å². The molecule has 106 valence electrons. The maximum Gasteiger partial charge on any atom is 0.227 e. The fourth-order valence-corrected chi connectivity index (χ4v) is 2.88. The number of amides is 1. The van der Waals surface area contributed by atoms with Crippen LogP contribution in [0.15, 0.2) is 24.4 Å². The van der Waals surface area contributed by atoms with Gasteiger partial charge in [0.1, 0.15) is 0 Å². The average Bonchev–Trinajstić information content (AvgIpc) is 2.80. The molecule has 2 aromatic rings. The molecule has 0 radical (unpaired) electrons. The molecule has 0 fully saturated rings. The lowest BCUT2D eigenvalue weighted by molar-refractivity contribution is -0.116. The predicted octanol–water partition coefficient (Wildman–Crippen LogP) is 2.98. The van der Waals surface area contributed by atoms with Gasteiger partial charge >= 0.3 is 0 Å². The zero-order chi connectivity index (χ0) is 14.5. The van der Waals surface area contributed by atoms with Crippen molar-refractivity contribution in [3.8, 4) is 0 Å². The van der Waals surface area contributed by atoms with Gasteiger partial charge in [0.25, 0.3) is 0 Å². The summed E-state index contributed by atoms with van der Waals surface area (Å²) in [5, 5.41) is 4.10. The van der Waals surface area contributed by atoms with Crippen molar-refractivity contribution < 1.29 is 4.79 Å². The number of rotatable bonds is 5. The smallest absolute Gasteiger partial charge is 0.227 e. The Kier molecular flexibility index (Phi) is 5.11. The number of aromatic nitrogens is 1. The third-order valence-electron chi connectivity index (χ3n) is 2.84. The summed E-state index contributed by atoms with van der Waals surface area (Å²) in [6, 6.07) is 5.85. The molecule has 0 unspecified atom stereocenters.